The molecular formula is C19H17ClN4O. The smallest absolute Gasteiger partial charge is 0.259 e. The van der Waals surface area contributed by atoms with Gasteiger partial charge in [0, 0.05) is 35.6 Å². The molecule has 0 saturated heterocycles. The van der Waals surface area contributed by atoms with Crippen molar-refractivity contribution in [1.82, 2.24) is 14.8 Å². The van der Waals surface area contributed by atoms with Crippen LogP contribution in [-0.4, -0.2) is 20.7 Å². The van der Waals surface area contributed by atoms with Crippen molar-refractivity contribution >= 4 is 23.2 Å². The summed E-state index contributed by atoms with van der Waals surface area (Å²) < 4.78 is 1.79. The van der Waals surface area contributed by atoms with Crippen molar-refractivity contribution in [2.75, 3.05) is 4.90 Å². The lowest BCUT2D eigenvalue weighted by atomic mass is 10.0. The van der Waals surface area contributed by atoms with Crippen LogP contribution in [0.5, 0.6) is 0 Å². The largest absolute Gasteiger partial charge is 0.299 e. The Bertz CT molecular complexity index is 966. The number of nitrogens with zero attached hydrogens (tertiary/aromatic N) is 4. The fourth-order valence-electron chi connectivity index (χ4n) is 3.47. The predicted molar refractivity (Wildman–Crippen MR) is 97.7 cm³/mol. The Labute approximate surface area is 150 Å². The third-order valence-electron chi connectivity index (χ3n) is 4.64. The second kappa shape index (κ2) is 6.01. The van der Waals surface area contributed by atoms with Gasteiger partial charge in [-0.05, 0) is 42.3 Å². The molecular weight excluding hydrogens is 336 g/mol. The quantitative estimate of drug-likeness (QED) is 0.708. The molecule has 0 saturated carbocycles. The van der Waals surface area contributed by atoms with Crippen molar-refractivity contribution in [3.8, 4) is 11.3 Å². The fraction of sp³-hybridized carbons (Fsp3) is 0.211. The minimum atomic E-state index is -0.0372. The predicted octanol–water partition coefficient (Wildman–Crippen LogP) is 4.25. The van der Waals surface area contributed by atoms with Crippen molar-refractivity contribution in [3.05, 3.63) is 65.1 Å². The zero-order valence-corrected chi connectivity index (χ0v) is 14.7. The van der Waals surface area contributed by atoms with E-state index in [9.17, 15) is 4.79 Å². The number of carbonyl (C=O) groups excluding carboxylic acids is 1. The van der Waals surface area contributed by atoms with E-state index in [1.165, 1.54) is 0 Å². The molecule has 1 aliphatic rings. The number of fused-ring (bicyclic) bond motifs is 1. The number of pyridine rings is 1. The monoisotopic (exact) mass is 352 g/mol. The number of benzene rings is 1. The minimum Gasteiger partial charge on any atom is -0.299 e. The van der Waals surface area contributed by atoms with Gasteiger partial charge in [-0.2, -0.15) is 5.10 Å². The van der Waals surface area contributed by atoms with Gasteiger partial charge in [0.2, 0.25) is 0 Å². The third-order valence-corrected chi connectivity index (χ3v) is 4.87. The summed E-state index contributed by atoms with van der Waals surface area (Å²) in [6, 6.07) is 9.34. The lowest BCUT2D eigenvalue weighted by molar-refractivity contribution is 0.0990. The maximum atomic E-state index is 13.0. The average molecular weight is 353 g/mol. The van der Waals surface area contributed by atoms with Gasteiger partial charge in [0.25, 0.3) is 5.91 Å². The molecule has 6 heteroatoms. The van der Waals surface area contributed by atoms with Crippen LogP contribution in [0.2, 0.25) is 5.02 Å². The maximum Gasteiger partial charge on any atom is 0.259 e. The Hall–Kier alpha value is -2.66. The van der Waals surface area contributed by atoms with Crippen LogP contribution >= 0.6 is 11.6 Å². The number of anilines is 1. The summed E-state index contributed by atoms with van der Waals surface area (Å²) in [5, 5.41) is 4.85. The zero-order valence-electron chi connectivity index (χ0n) is 14.0. The molecule has 3 heterocycles. The molecule has 0 radical (unpaired) electrons. The fourth-order valence-corrected chi connectivity index (χ4v) is 3.65. The topological polar surface area (TPSA) is 51.0 Å². The summed E-state index contributed by atoms with van der Waals surface area (Å²) in [6.45, 7) is 2.07. The first-order valence-electron chi connectivity index (χ1n) is 8.16. The van der Waals surface area contributed by atoms with E-state index in [-0.39, 0.29) is 11.9 Å². The van der Waals surface area contributed by atoms with E-state index in [1.54, 1.807) is 35.4 Å². The molecule has 0 unspecified atom stereocenters. The summed E-state index contributed by atoms with van der Waals surface area (Å²) >= 11 is 6.15. The van der Waals surface area contributed by atoms with Gasteiger partial charge in [0.15, 0.2) is 0 Å². The molecule has 3 aromatic rings. The number of hydrogen-bond donors (Lipinski definition) is 0. The van der Waals surface area contributed by atoms with Crippen LogP contribution in [0.15, 0.2) is 48.9 Å². The van der Waals surface area contributed by atoms with Gasteiger partial charge < -0.3 is 0 Å². The average Bonchev–Trinajstić information content (AvgIpc) is 3.16. The molecule has 1 aromatic carbocycles. The van der Waals surface area contributed by atoms with Crippen molar-refractivity contribution in [2.24, 2.45) is 7.05 Å². The van der Waals surface area contributed by atoms with Crippen molar-refractivity contribution in [1.29, 1.82) is 0 Å². The van der Waals surface area contributed by atoms with E-state index in [0.29, 0.717) is 10.6 Å². The van der Waals surface area contributed by atoms with Gasteiger partial charge in [-0.1, -0.05) is 18.5 Å². The Morgan fingerprint density at radius 3 is 2.76 bits per heavy atom. The SMILES string of the molecule is CC[C@@H]1c2cc(Cl)ccc2C(=O)N1c1cncc(-c2ccnn2C)c1. The van der Waals surface area contributed by atoms with Crippen LogP contribution in [0.4, 0.5) is 5.69 Å². The molecule has 4 rings (SSSR count). The summed E-state index contributed by atoms with van der Waals surface area (Å²) in [4.78, 5) is 19.1. The number of carbonyl (C=O) groups is 1. The number of amides is 1. The number of hydrogen-bond acceptors (Lipinski definition) is 3. The van der Waals surface area contributed by atoms with Crippen LogP contribution in [0.1, 0.15) is 35.3 Å². The Kier molecular flexibility index (Phi) is 3.81. The van der Waals surface area contributed by atoms with Gasteiger partial charge in [0.05, 0.1) is 23.6 Å². The second-order valence-corrected chi connectivity index (χ2v) is 6.54. The van der Waals surface area contributed by atoms with Gasteiger partial charge >= 0.3 is 0 Å². The molecule has 0 spiro atoms. The Morgan fingerprint density at radius 2 is 2.04 bits per heavy atom. The van der Waals surface area contributed by atoms with E-state index in [2.05, 4.69) is 17.0 Å². The van der Waals surface area contributed by atoms with E-state index >= 15 is 0 Å². The summed E-state index contributed by atoms with van der Waals surface area (Å²) in [7, 11) is 1.88. The maximum absolute atomic E-state index is 13.0. The first-order valence-corrected chi connectivity index (χ1v) is 8.54. The van der Waals surface area contributed by atoms with Crippen LogP contribution < -0.4 is 4.90 Å². The highest BCUT2D eigenvalue weighted by atomic mass is 35.5. The number of aryl methyl sites for hydroxylation is 1. The van der Waals surface area contributed by atoms with Gasteiger partial charge in [-0.15, -0.1) is 0 Å². The third kappa shape index (κ3) is 2.51. The molecule has 0 N–H and O–H groups in total. The molecule has 5 nitrogen and oxygen atoms in total. The van der Waals surface area contributed by atoms with E-state index in [0.717, 1.165) is 28.9 Å². The van der Waals surface area contributed by atoms with Gasteiger partial charge in [0.1, 0.15) is 0 Å². The van der Waals surface area contributed by atoms with Crippen molar-refractivity contribution in [3.63, 3.8) is 0 Å². The molecule has 0 aliphatic carbocycles. The molecule has 1 amide bonds. The minimum absolute atomic E-state index is 0.0116. The molecule has 126 valence electrons. The van der Waals surface area contributed by atoms with E-state index < -0.39 is 0 Å². The van der Waals surface area contributed by atoms with Crippen LogP contribution in [0.25, 0.3) is 11.3 Å². The second-order valence-electron chi connectivity index (χ2n) is 6.10. The number of rotatable bonds is 3. The lowest BCUT2D eigenvalue weighted by Gasteiger charge is -2.24. The molecule has 25 heavy (non-hydrogen) atoms. The molecule has 0 fully saturated rings. The van der Waals surface area contributed by atoms with E-state index in [1.807, 2.05) is 30.1 Å². The standard InChI is InChI=1S/C19H17ClN4O/c1-3-17-16-9-13(20)4-5-15(16)19(25)24(17)14-8-12(10-21-11-14)18-6-7-22-23(18)2/h4-11,17H,3H2,1-2H3/t17-/m1/s1. The van der Waals surface area contributed by atoms with Crippen LogP contribution in [-0.2, 0) is 7.05 Å². The summed E-state index contributed by atoms with van der Waals surface area (Å²) in [6.07, 6.45) is 6.06. The highest BCUT2D eigenvalue weighted by Gasteiger charge is 2.37. The Balaban J connectivity index is 1.80. The summed E-state index contributed by atoms with van der Waals surface area (Å²) in [5.41, 5.74) is 4.35. The highest BCUT2D eigenvalue weighted by Crippen LogP contribution is 2.40. The van der Waals surface area contributed by atoms with Gasteiger partial charge in [-0.3, -0.25) is 19.4 Å². The molecule has 1 aliphatic heterocycles. The van der Waals surface area contributed by atoms with Crippen LogP contribution in [0, 0.1) is 0 Å². The summed E-state index contributed by atoms with van der Waals surface area (Å²) in [5.74, 6) is -0.0116. The molecule has 1 atom stereocenters. The first-order chi connectivity index (χ1) is 12.1. The molecule has 2 aromatic heterocycles. The number of aromatic nitrogens is 3. The lowest BCUT2D eigenvalue weighted by Crippen LogP contribution is -2.27. The van der Waals surface area contributed by atoms with Crippen LogP contribution in [0.3, 0.4) is 0 Å². The van der Waals surface area contributed by atoms with Crippen molar-refractivity contribution in [2.45, 2.75) is 19.4 Å². The zero-order chi connectivity index (χ0) is 17.6. The number of halogens is 1. The Morgan fingerprint density at radius 1 is 1.20 bits per heavy atom. The van der Waals surface area contributed by atoms with Gasteiger partial charge in [-0.25, -0.2) is 0 Å². The highest BCUT2D eigenvalue weighted by molar-refractivity contribution is 6.31. The van der Waals surface area contributed by atoms with E-state index in [4.69, 9.17) is 11.6 Å². The molecule has 0 bridgehead atoms. The first kappa shape index (κ1) is 15.8. The van der Waals surface area contributed by atoms with Crippen molar-refractivity contribution < 1.29 is 4.79 Å². The normalized spacial score (nSPS) is 16.4.